The second-order valence-electron chi connectivity index (χ2n) is 14.8. The zero-order valence-corrected chi connectivity index (χ0v) is 36.8. The van der Waals surface area contributed by atoms with Gasteiger partial charge in [-0.3, -0.25) is 18.0 Å². The van der Waals surface area contributed by atoms with Crippen molar-refractivity contribution in [1.29, 1.82) is 0 Å². The average molecular weight is 803 g/mol. The molecule has 1 aliphatic heterocycles. The van der Waals surface area contributed by atoms with E-state index in [2.05, 4.69) is 14.9 Å². The summed E-state index contributed by atoms with van der Waals surface area (Å²) in [5.41, 5.74) is -0.359. The molecule has 0 aromatic carbocycles. The minimum atomic E-state index is -5.69. The summed E-state index contributed by atoms with van der Waals surface area (Å²) in [6, 6.07) is 0. The van der Waals surface area contributed by atoms with Gasteiger partial charge in [-0.05, 0) is 79.6 Å². The Hall–Kier alpha value is 1.53. The van der Waals surface area contributed by atoms with Crippen LogP contribution in [0.25, 0.3) is 0 Å². The summed E-state index contributed by atoms with van der Waals surface area (Å²) < 4.78 is 96.9. The largest absolute Gasteiger partial charge is 1.00 e. The molecule has 5 fully saturated rings. The van der Waals surface area contributed by atoms with Crippen LogP contribution in [0.15, 0.2) is 12.2 Å². The van der Waals surface area contributed by atoms with Crippen LogP contribution < -0.4 is 103 Å². The molecule has 5 aliphatic rings. The maximum Gasteiger partial charge on any atom is 1.00 e. The molecule has 1 saturated heterocycles. The third kappa shape index (κ3) is 9.55. The number of aliphatic carboxylic acids is 1. The predicted molar refractivity (Wildman–Crippen MR) is 159 cm³/mol. The monoisotopic (exact) mass is 802 g/mol. The van der Waals surface area contributed by atoms with Gasteiger partial charge in [0, 0.05) is 11.8 Å². The Morgan fingerprint density at radius 2 is 1.64 bits per heavy atom. The quantitative estimate of drug-likeness (QED) is 0.0442. The van der Waals surface area contributed by atoms with Gasteiger partial charge in [-0.1, -0.05) is 27.4 Å². The van der Waals surface area contributed by atoms with Crippen molar-refractivity contribution in [3.8, 4) is 0 Å². The minimum Gasteiger partial charge on any atom is -0.726 e. The van der Waals surface area contributed by atoms with E-state index in [1.54, 1.807) is 13.8 Å². The fourth-order valence-corrected chi connectivity index (χ4v) is 10.8. The first-order chi connectivity index (χ1) is 22.2. The fraction of sp³-hybridized carbons (Fsp3) is 0.867. The molecule has 4 aliphatic carbocycles. The van der Waals surface area contributed by atoms with E-state index in [0.29, 0.717) is 12.8 Å². The SMILES string of the molecule is C=C1[C@H]2CC[C@H]3[C@@]4(C)C[C@H](O[C@@H]5O[C@H](CO)[C@@H](OS(=O)(=O)[O-])[C@H](OS(=O)(=O)[O-])[C@H]5OC(=O)CC(C)C)C[C@@H](C(=O)O)[C@H]4CC[C@]3(C2)[C@H]1O.[K+].[K+]. The van der Waals surface area contributed by atoms with Crippen molar-refractivity contribution in [2.45, 2.75) is 115 Å². The summed E-state index contributed by atoms with van der Waals surface area (Å²) in [5.74, 6) is -3.38. The molecule has 16 nitrogen and oxygen atoms in total. The summed E-state index contributed by atoms with van der Waals surface area (Å²) in [5, 5.41) is 31.9. The van der Waals surface area contributed by atoms with Crippen LogP contribution in [0.2, 0.25) is 0 Å². The first-order valence-electron chi connectivity index (χ1n) is 16.2. The molecular weight excluding hydrogens is 759 g/mol. The molecule has 274 valence electrons. The van der Waals surface area contributed by atoms with Crippen LogP contribution in [0.4, 0.5) is 0 Å². The average Bonchev–Trinajstić information content (AvgIpc) is 3.12. The number of ether oxygens (including phenoxy) is 3. The second-order valence-corrected chi connectivity index (χ2v) is 16.8. The van der Waals surface area contributed by atoms with Gasteiger partial charge in [-0.25, -0.2) is 16.8 Å². The van der Waals surface area contributed by atoms with E-state index in [0.717, 1.165) is 24.8 Å². The second kappa shape index (κ2) is 17.4. The molecule has 13 atom stereocenters. The van der Waals surface area contributed by atoms with Gasteiger partial charge in [0.15, 0.2) is 12.4 Å². The standard InChI is InChI=1S/C30H46O16S2.2K/c1-14(2)9-22(32)44-25-24(46-48(39,40)41)23(45-47(36,37)38)20(13-31)43-28(25)42-17-10-18(27(34)35)19-7-8-30-11-16(15(3)26(30)33)5-6-21(30)29(19,4)12-17;;/h14,16-21,23-26,28,31,33H,3,5-13H2,1-2,4H3,(H,34,35)(H,36,37,38)(H,39,40,41);;/q;2*+1/p-2/t16-,17+,18+,19+,20+,21-,23+,24-,25+,26-,28+,29-,30+;;/m0../s1. The van der Waals surface area contributed by atoms with E-state index >= 15 is 0 Å². The van der Waals surface area contributed by atoms with E-state index < -0.39 is 99.0 Å². The summed E-state index contributed by atoms with van der Waals surface area (Å²) >= 11 is 0. The van der Waals surface area contributed by atoms with E-state index in [1.165, 1.54) is 0 Å². The number of carboxylic acid groups (broad SMARTS) is 1. The number of hydrogen-bond donors (Lipinski definition) is 3. The number of aliphatic hydroxyl groups is 2. The van der Waals surface area contributed by atoms with E-state index in [1.807, 2.05) is 6.92 Å². The van der Waals surface area contributed by atoms with Crippen molar-refractivity contribution in [1.82, 2.24) is 0 Å². The summed E-state index contributed by atoms with van der Waals surface area (Å²) in [7, 11) is -11.3. The maximum atomic E-state index is 12.9. The van der Waals surface area contributed by atoms with Gasteiger partial charge >= 0.3 is 115 Å². The van der Waals surface area contributed by atoms with Crippen LogP contribution in [0, 0.1) is 40.4 Å². The van der Waals surface area contributed by atoms with Crippen molar-refractivity contribution in [3.05, 3.63) is 12.2 Å². The molecule has 1 heterocycles. The Morgan fingerprint density at radius 1 is 1.02 bits per heavy atom. The molecular formula is C30H44K2O16S2. The number of carbonyl (C=O) groups is 2. The maximum absolute atomic E-state index is 12.9. The molecule has 4 saturated carbocycles. The fourth-order valence-electron chi connectivity index (χ4n) is 9.81. The number of hydrogen-bond acceptors (Lipinski definition) is 15. The molecule has 0 aromatic rings. The Morgan fingerprint density at radius 3 is 2.20 bits per heavy atom. The van der Waals surface area contributed by atoms with E-state index in [-0.39, 0.29) is 146 Å². The van der Waals surface area contributed by atoms with Gasteiger partial charge in [0.1, 0.15) is 18.3 Å². The van der Waals surface area contributed by atoms with Gasteiger partial charge in [0.25, 0.3) is 0 Å². The Bertz CT molecular complexity index is 1490. The van der Waals surface area contributed by atoms with Gasteiger partial charge in [-0.15, -0.1) is 0 Å². The molecule has 0 unspecified atom stereocenters. The Labute approximate surface area is 377 Å². The van der Waals surface area contributed by atoms with Gasteiger partial charge < -0.3 is 38.6 Å². The molecule has 0 radical (unpaired) electrons. The van der Waals surface area contributed by atoms with Crippen molar-refractivity contribution in [3.63, 3.8) is 0 Å². The van der Waals surface area contributed by atoms with E-state index in [4.69, 9.17) is 14.2 Å². The summed E-state index contributed by atoms with van der Waals surface area (Å²) in [6.07, 6.45) is -8.49. The number of carboxylic acids is 1. The van der Waals surface area contributed by atoms with Crippen LogP contribution in [-0.2, 0) is 53.0 Å². The summed E-state index contributed by atoms with van der Waals surface area (Å²) in [4.78, 5) is 25.6. The molecule has 3 N–H and O–H groups in total. The number of esters is 1. The smallest absolute Gasteiger partial charge is 0.726 e. The first-order valence-corrected chi connectivity index (χ1v) is 18.8. The third-order valence-corrected chi connectivity index (χ3v) is 12.4. The van der Waals surface area contributed by atoms with Gasteiger partial charge in [-0.2, -0.15) is 0 Å². The van der Waals surface area contributed by atoms with Crippen molar-refractivity contribution in [2.75, 3.05) is 6.61 Å². The van der Waals surface area contributed by atoms with Crippen LogP contribution in [0.5, 0.6) is 0 Å². The number of fused-ring (bicyclic) bond motifs is 3. The molecule has 2 bridgehead atoms. The molecule has 1 spiro atoms. The Kier molecular flexibility index (Phi) is 15.9. The minimum absolute atomic E-state index is 0. The van der Waals surface area contributed by atoms with Crippen molar-refractivity contribution in [2.24, 2.45) is 40.4 Å². The van der Waals surface area contributed by atoms with Crippen LogP contribution in [0.1, 0.15) is 72.1 Å². The number of carbonyl (C=O) groups excluding carboxylic acids is 1. The van der Waals surface area contributed by atoms with Crippen LogP contribution >= 0.6 is 0 Å². The van der Waals surface area contributed by atoms with Gasteiger partial charge in [0.2, 0.25) is 20.8 Å². The topological polar surface area (TPSA) is 255 Å². The number of rotatable bonds is 11. The predicted octanol–water partition coefficient (Wildman–Crippen LogP) is -5.01. The summed E-state index contributed by atoms with van der Waals surface area (Å²) in [6.45, 7) is 8.41. The molecule has 5 rings (SSSR count). The Balaban J connectivity index is 0.00000338. The van der Waals surface area contributed by atoms with Crippen molar-refractivity contribution < 1.29 is 176 Å². The normalized spacial score (nSPS) is 41.3. The number of aliphatic hydroxyl groups excluding tert-OH is 2. The first kappa shape index (κ1) is 45.9. The molecule has 50 heavy (non-hydrogen) atoms. The van der Waals surface area contributed by atoms with E-state index in [9.17, 15) is 50.8 Å². The van der Waals surface area contributed by atoms with Crippen LogP contribution in [0.3, 0.4) is 0 Å². The zero-order chi connectivity index (χ0) is 35.6. The molecule has 20 heteroatoms. The molecule has 0 amide bonds. The molecule has 0 aromatic heterocycles. The van der Waals surface area contributed by atoms with Gasteiger partial charge in [0.05, 0.1) is 24.7 Å². The third-order valence-electron chi connectivity index (χ3n) is 11.5. The van der Waals surface area contributed by atoms with Crippen LogP contribution in [-0.4, -0.2) is 103 Å². The zero-order valence-electron chi connectivity index (χ0n) is 29.0. The van der Waals surface area contributed by atoms with Crippen molar-refractivity contribution >= 4 is 32.7 Å².